The summed E-state index contributed by atoms with van der Waals surface area (Å²) in [5, 5.41) is 11.9. The van der Waals surface area contributed by atoms with Gasteiger partial charge in [0, 0.05) is 11.1 Å². The number of thiophene rings is 1. The lowest BCUT2D eigenvalue weighted by molar-refractivity contribution is 0.103. The second-order valence-electron chi connectivity index (χ2n) is 5.26. The number of fused-ring (bicyclic) bond motifs is 1. The van der Waals surface area contributed by atoms with Crippen molar-refractivity contribution in [1.82, 2.24) is 10.2 Å². The molecule has 2 heterocycles. The molecule has 0 aliphatic heterocycles. The fraction of sp³-hybridized carbons (Fsp3) is 0.188. The van der Waals surface area contributed by atoms with Gasteiger partial charge in [0.1, 0.15) is 9.71 Å². The average molecular weight is 312 g/mol. The van der Waals surface area contributed by atoms with Gasteiger partial charge in [-0.05, 0) is 44.0 Å². The summed E-state index contributed by atoms with van der Waals surface area (Å²) < 4.78 is 0. The third kappa shape index (κ3) is 2.42. The number of hydrogen-bond donors (Lipinski definition) is 2. The van der Waals surface area contributed by atoms with Crippen LogP contribution in [-0.2, 0) is 0 Å². The van der Waals surface area contributed by atoms with E-state index in [1.54, 1.807) is 0 Å². The highest BCUT2D eigenvalue weighted by molar-refractivity contribution is 7.21. The van der Waals surface area contributed by atoms with Crippen molar-refractivity contribution in [2.45, 2.75) is 20.8 Å². The zero-order valence-electron chi connectivity index (χ0n) is 12.6. The Hall–Kier alpha value is -2.47. The van der Waals surface area contributed by atoms with Gasteiger partial charge in [0.05, 0.1) is 11.4 Å². The molecule has 1 amide bonds. The minimum absolute atomic E-state index is 0.219. The van der Waals surface area contributed by atoms with Crippen LogP contribution in [0, 0.1) is 20.8 Å². The molecule has 0 bridgehead atoms. The number of nitrogen functional groups attached to an aromatic ring is 1. The Balaban J connectivity index is 2.01. The molecule has 0 fully saturated rings. The molecule has 0 saturated heterocycles. The van der Waals surface area contributed by atoms with Crippen LogP contribution in [0.3, 0.4) is 0 Å². The predicted molar refractivity (Wildman–Crippen MR) is 90.4 cm³/mol. The number of aryl methyl sites for hydroxylation is 3. The van der Waals surface area contributed by atoms with Gasteiger partial charge in [-0.3, -0.25) is 4.79 Å². The number of anilines is 2. The van der Waals surface area contributed by atoms with Crippen LogP contribution in [0.15, 0.2) is 24.3 Å². The van der Waals surface area contributed by atoms with Crippen molar-refractivity contribution in [3.05, 3.63) is 46.0 Å². The van der Waals surface area contributed by atoms with Crippen molar-refractivity contribution in [3.8, 4) is 0 Å². The molecule has 0 spiro atoms. The number of nitrogens with one attached hydrogen (secondary N) is 1. The molecule has 0 radical (unpaired) electrons. The van der Waals surface area contributed by atoms with Gasteiger partial charge in [0.25, 0.3) is 5.91 Å². The first-order valence-corrected chi connectivity index (χ1v) is 7.69. The fourth-order valence-corrected chi connectivity index (χ4v) is 3.32. The van der Waals surface area contributed by atoms with Gasteiger partial charge >= 0.3 is 0 Å². The quantitative estimate of drug-likeness (QED) is 0.759. The van der Waals surface area contributed by atoms with E-state index in [1.165, 1.54) is 11.3 Å². The largest absolute Gasteiger partial charge is 0.397 e. The second-order valence-corrected chi connectivity index (χ2v) is 6.26. The summed E-state index contributed by atoms with van der Waals surface area (Å²) in [5.74, 6) is -0.219. The van der Waals surface area contributed by atoms with Crippen LogP contribution in [0.2, 0.25) is 0 Å². The Morgan fingerprint density at radius 3 is 2.73 bits per heavy atom. The average Bonchev–Trinajstić information content (AvgIpc) is 2.81. The topological polar surface area (TPSA) is 80.9 Å². The monoisotopic (exact) mass is 312 g/mol. The summed E-state index contributed by atoms with van der Waals surface area (Å²) in [6.07, 6.45) is 0. The van der Waals surface area contributed by atoms with Crippen LogP contribution in [0.5, 0.6) is 0 Å². The lowest BCUT2D eigenvalue weighted by atomic mass is 10.1. The lowest BCUT2D eigenvalue weighted by Crippen LogP contribution is -2.12. The first-order valence-electron chi connectivity index (χ1n) is 6.87. The Labute approximate surface area is 132 Å². The maximum absolute atomic E-state index is 12.5. The van der Waals surface area contributed by atoms with Crippen molar-refractivity contribution in [3.63, 3.8) is 0 Å². The van der Waals surface area contributed by atoms with Crippen LogP contribution >= 0.6 is 11.3 Å². The minimum Gasteiger partial charge on any atom is -0.397 e. The predicted octanol–water partition coefficient (Wildman–Crippen LogP) is 3.45. The zero-order valence-corrected chi connectivity index (χ0v) is 13.4. The number of carbonyl (C=O) groups is 1. The van der Waals surface area contributed by atoms with Gasteiger partial charge in [-0.1, -0.05) is 12.1 Å². The number of nitrogens with zero attached hydrogens (tertiary/aromatic N) is 2. The number of amides is 1. The van der Waals surface area contributed by atoms with Crippen molar-refractivity contribution in [2.24, 2.45) is 0 Å². The molecule has 0 aliphatic carbocycles. The molecule has 0 aliphatic rings. The molecule has 1 aromatic carbocycles. The summed E-state index contributed by atoms with van der Waals surface area (Å²) in [6.45, 7) is 5.80. The first kappa shape index (κ1) is 14.5. The summed E-state index contributed by atoms with van der Waals surface area (Å²) in [4.78, 5) is 13.6. The van der Waals surface area contributed by atoms with Crippen LogP contribution in [-0.4, -0.2) is 16.1 Å². The van der Waals surface area contributed by atoms with Crippen molar-refractivity contribution in [1.29, 1.82) is 0 Å². The molecular weight excluding hydrogens is 296 g/mol. The molecule has 0 unspecified atom stereocenters. The Bertz CT molecular complexity index is 885. The normalized spacial score (nSPS) is 10.9. The number of rotatable bonds is 2. The van der Waals surface area contributed by atoms with Crippen molar-refractivity contribution >= 4 is 38.8 Å². The van der Waals surface area contributed by atoms with Crippen molar-refractivity contribution in [2.75, 3.05) is 11.1 Å². The Kier molecular flexibility index (Phi) is 3.54. The Morgan fingerprint density at radius 2 is 2.00 bits per heavy atom. The molecule has 3 aromatic rings. The van der Waals surface area contributed by atoms with E-state index >= 15 is 0 Å². The van der Waals surface area contributed by atoms with Crippen molar-refractivity contribution < 1.29 is 4.79 Å². The molecule has 2 aromatic heterocycles. The summed E-state index contributed by atoms with van der Waals surface area (Å²) in [5.41, 5.74) is 10.3. The van der Waals surface area contributed by atoms with Crippen LogP contribution in [0.1, 0.15) is 26.5 Å². The molecule has 112 valence electrons. The lowest BCUT2D eigenvalue weighted by Gasteiger charge is -2.05. The van der Waals surface area contributed by atoms with Gasteiger partial charge in [0.15, 0.2) is 0 Å². The Morgan fingerprint density at radius 1 is 1.23 bits per heavy atom. The standard InChI is InChI=1S/C16H16N4OS/c1-8-5-4-6-11(7-8)18-15(21)14-13(17)12-9(2)10(3)19-20-16(12)22-14/h4-7H,17H2,1-3H3,(H,18,21). The van der Waals surface area contributed by atoms with Gasteiger partial charge in [-0.15, -0.1) is 16.4 Å². The molecule has 5 nitrogen and oxygen atoms in total. The maximum Gasteiger partial charge on any atom is 0.267 e. The van der Waals surface area contributed by atoms with Gasteiger partial charge < -0.3 is 11.1 Å². The van der Waals surface area contributed by atoms with Crippen LogP contribution in [0.4, 0.5) is 11.4 Å². The summed E-state index contributed by atoms with van der Waals surface area (Å²) in [7, 11) is 0. The molecule has 6 heteroatoms. The molecule has 0 saturated carbocycles. The zero-order chi connectivity index (χ0) is 15.9. The van der Waals surface area contributed by atoms with Crippen LogP contribution < -0.4 is 11.1 Å². The number of benzene rings is 1. The number of nitrogens with two attached hydrogens (primary N) is 1. The first-order chi connectivity index (χ1) is 10.5. The third-order valence-corrected chi connectivity index (χ3v) is 4.71. The highest BCUT2D eigenvalue weighted by Gasteiger charge is 2.19. The highest BCUT2D eigenvalue weighted by Crippen LogP contribution is 2.35. The van der Waals surface area contributed by atoms with E-state index in [1.807, 2.05) is 45.0 Å². The molecular formula is C16H16N4OS. The van der Waals surface area contributed by atoms with E-state index in [2.05, 4.69) is 15.5 Å². The number of carbonyl (C=O) groups excluding carboxylic acids is 1. The van der Waals surface area contributed by atoms with Gasteiger partial charge in [-0.2, -0.15) is 5.10 Å². The summed E-state index contributed by atoms with van der Waals surface area (Å²) >= 11 is 1.27. The van der Waals surface area contributed by atoms with E-state index in [9.17, 15) is 4.79 Å². The SMILES string of the molecule is Cc1cccc(NC(=O)c2sc3nnc(C)c(C)c3c2N)c1. The third-order valence-electron chi connectivity index (χ3n) is 3.62. The molecule has 22 heavy (non-hydrogen) atoms. The molecule has 0 atom stereocenters. The maximum atomic E-state index is 12.5. The molecule has 3 N–H and O–H groups in total. The smallest absolute Gasteiger partial charge is 0.267 e. The number of aromatic nitrogens is 2. The van der Waals surface area contributed by atoms with E-state index in [-0.39, 0.29) is 5.91 Å². The van der Waals surface area contributed by atoms with Gasteiger partial charge in [0.2, 0.25) is 0 Å². The highest BCUT2D eigenvalue weighted by atomic mass is 32.1. The van der Waals surface area contributed by atoms with E-state index in [4.69, 9.17) is 5.73 Å². The second kappa shape index (κ2) is 5.38. The van der Waals surface area contributed by atoms with Crippen LogP contribution in [0.25, 0.3) is 10.2 Å². The number of hydrogen-bond acceptors (Lipinski definition) is 5. The molecule has 3 rings (SSSR count). The minimum atomic E-state index is -0.219. The van der Waals surface area contributed by atoms with E-state index in [0.717, 1.165) is 27.9 Å². The van der Waals surface area contributed by atoms with Gasteiger partial charge in [-0.25, -0.2) is 0 Å². The fourth-order valence-electron chi connectivity index (χ4n) is 2.32. The van der Waals surface area contributed by atoms with E-state index < -0.39 is 0 Å². The summed E-state index contributed by atoms with van der Waals surface area (Å²) in [6, 6.07) is 7.64. The van der Waals surface area contributed by atoms with E-state index in [0.29, 0.717) is 15.4 Å².